The summed E-state index contributed by atoms with van der Waals surface area (Å²) in [7, 11) is -3.44. The molecule has 30 heavy (non-hydrogen) atoms. The van der Waals surface area contributed by atoms with E-state index in [4.69, 9.17) is 5.73 Å². The van der Waals surface area contributed by atoms with Gasteiger partial charge in [-0.05, 0) is 62.3 Å². The van der Waals surface area contributed by atoms with Crippen LogP contribution in [0.25, 0.3) is 0 Å². The first kappa shape index (κ1) is 21.5. The lowest BCUT2D eigenvalue weighted by atomic mass is 10.0. The van der Waals surface area contributed by atoms with E-state index in [2.05, 4.69) is 17.0 Å². The Labute approximate surface area is 180 Å². The van der Waals surface area contributed by atoms with Gasteiger partial charge in [0.05, 0.1) is 4.90 Å². The molecule has 2 aliphatic heterocycles. The third-order valence-corrected chi connectivity index (χ3v) is 8.85. The second-order valence-electron chi connectivity index (χ2n) is 9.14. The molecule has 2 N–H and O–H groups in total. The molecular weight excluding hydrogens is 394 g/mol. The van der Waals surface area contributed by atoms with E-state index in [0.29, 0.717) is 29.8 Å². The van der Waals surface area contributed by atoms with Crippen LogP contribution in [0.15, 0.2) is 47.4 Å². The monoisotopic (exact) mass is 427 g/mol. The standard InChI is InChI=1S/C24H33N3O2S/c1-17-11-18(2)24(19(3)12-17)30(28,29)27-15-21-13-26(14-22(21)16-27)10-9-23(25)20-7-5-4-6-8-20/h4-8,11-12,21-23H,9-10,13-16,25H2,1-3H3/t21?,22?,23-/m0/s1. The lowest BCUT2D eigenvalue weighted by molar-refractivity contribution is 0.285. The minimum atomic E-state index is -3.44. The minimum Gasteiger partial charge on any atom is -0.324 e. The molecule has 2 saturated heterocycles. The third-order valence-electron chi connectivity index (χ3n) is 6.71. The molecule has 2 aromatic carbocycles. The summed E-state index contributed by atoms with van der Waals surface area (Å²) >= 11 is 0. The predicted molar refractivity (Wildman–Crippen MR) is 121 cm³/mol. The van der Waals surface area contributed by atoms with Gasteiger partial charge in [0.2, 0.25) is 10.0 Å². The fraction of sp³-hybridized carbons (Fsp3) is 0.500. The highest BCUT2D eigenvalue weighted by molar-refractivity contribution is 7.89. The van der Waals surface area contributed by atoms with Crippen molar-refractivity contribution in [1.82, 2.24) is 9.21 Å². The van der Waals surface area contributed by atoms with E-state index in [-0.39, 0.29) is 6.04 Å². The zero-order valence-corrected chi connectivity index (χ0v) is 19.0. The number of nitrogens with zero attached hydrogens (tertiary/aromatic N) is 2. The molecule has 0 radical (unpaired) electrons. The van der Waals surface area contributed by atoms with Gasteiger partial charge in [-0.15, -0.1) is 0 Å². The Morgan fingerprint density at radius 2 is 1.53 bits per heavy atom. The second-order valence-corrected chi connectivity index (χ2v) is 11.0. The Kier molecular flexibility index (Phi) is 6.04. The Bertz CT molecular complexity index is 969. The average Bonchev–Trinajstić information content (AvgIpc) is 3.25. The van der Waals surface area contributed by atoms with E-state index in [0.717, 1.165) is 42.7 Å². The molecule has 0 saturated carbocycles. The Morgan fingerprint density at radius 3 is 2.10 bits per heavy atom. The van der Waals surface area contributed by atoms with Gasteiger partial charge in [-0.2, -0.15) is 4.31 Å². The van der Waals surface area contributed by atoms with Crippen LogP contribution in [-0.2, 0) is 10.0 Å². The summed E-state index contributed by atoms with van der Waals surface area (Å²) in [4.78, 5) is 2.96. The van der Waals surface area contributed by atoms with Crippen LogP contribution in [0.3, 0.4) is 0 Å². The van der Waals surface area contributed by atoms with Crippen molar-refractivity contribution in [3.8, 4) is 0 Å². The molecule has 2 aliphatic rings. The molecule has 0 aliphatic carbocycles. The largest absolute Gasteiger partial charge is 0.324 e. The van der Waals surface area contributed by atoms with Crippen LogP contribution in [0.5, 0.6) is 0 Å². The number of hydrogen-bond donors (Lipinski definition) is 1. The summed E-state index contributed by atoms with van der Waals surface area (Å²) in [5, 5.41) is 0. The number of benzene rings is 2. The average molecular weight is 428 g/mol. The van der Waals surface area contributed by atoms with Crippen molar-refractivity contribution in [3.63, 3.8) is 0 Å². The van der Waals surface area contributed by atoms with Crippen molar-refractivity contribution in [2.75, 3.05) is 32.7 Å². The van der Waals surface area contributed by atoms with Gasteiger partial charge in [-0.25, -0.2) is 8.42 Å². The van der Waals surface area contributed by atoms with Crippen LogP contribution in [-0.4, -0.2) is 50.3 Å². The van der Waals surface area contributed by atoms with Gasteiger partial charge in [0, 0.05) is 32.2 Å². The lowest BCUT2D eigenvalue weighted by Gasteiger charge is -2.24. The van der Waals surface area contributed by atoms with Crippen molar-refractivity contribution in [3.05, 3.63) is 64.7 Å². The van der Waals surface area contributed by atoms with E-state index in [1.807, 2.05) is 51.1 Å². The maximum atomic E-state index is 13.4. The fourth-order valence-electron chi connectivity index (χ4n) is 5.32. The second kappa shape index (κ2) is 8.42. The van der Waals surface area contributed by atoms with Crippen molar-refractivity contribution in [2.24, 2.45) is 17.6 Å². The molecule has 2 aromatic rings. The molecule has 5 nitrogen and oxygen atoms in total. The zero-order valence-electron chi connectivity index (χ0n) is 18.2. The molecule has 0 spiro atoms. The molecule has 2 unspecified atom stereocenters. The van der Waals surface area contributed by atoms with Crippen LogP contribution in [0.1, 0.15) is 34.7 Å². The Hall–Kier alpha value is -1.73. The van der Waals surface area contributed by atoms with Gasteiger partial charge in [0.25, 0.3) is 0 Å². The van der Waals surface area contributed by atoms with Gasteiger partial charge < -0.3 is 10.6 Å². The number of nitrogens with two attached hydrogens (primary N) is 1. The van der Waals surface area contributed by atoms with E-state index in [9.17, 15) is 8.42 Å². The molecule has 6 heteroatoms. The normalized spacial score (nSPS) is 23.6. The number of fused-ring (bicyclic) bond motifs is 1. The number of rotatable bonds is 6. The van der Waals surface area contributed by atoms with Crippen LogP contribution < -0.4 is 5.73 Å². The molecule has 3 atom stereocenters. The summed E-state index contributed by atoms with van der Waals surface area (Å²) in [5.74, 6) is 0.831. The van der Waals surface area contributed by atoms with Crippen LogP contribution in [0, 0.1) is 32.6 Å². The molecule has 0 amide bonds. The lowest BCUT2D eigenvalue weighted by Crippen LogP contribution is -2.34. The van der Waals surface area contributed by atoms with E-state index < -0.39 is 10.0 Å². The molecular formula is C24H33N3O2S. The van der Waals surface area contributed by atoms with Gasteiger partial charge in [-0.3, -0.25) is 0 Å². The highest BCUT2D eigenvalue weighted by Crippen LogP contribution is 2.36. The summed E-state index contributed by atoms with van der Waals surface area (Å²) in [6.45, 7) is 9.96. The number of sulfonamides is 1. The Balaban J connectivity index is 1.37. The maximum Gasteiger partial charge on any atom is 0.243 e. The molecule has 0 bridgehead atoms. The van der Waals surface area contributed by atoms with Gasteiger partial charge in [0.15, 0.2) is 0 Å². The van der Waals surface area contributed by atoms with E-state index in [1.54, 1.807) is 4.31 Å². The van der Waals surface area contributed by atoms with Gasteiger partial charge in [-0.1, -0.05) is 48.0 Å². The Morgan fingerprint density at radius 1 is 0.967 bits per heavy atom. The minimum absolute atomic E-state index is 0.0519. The highest BCUT2D eigenvalue weighted by Gasteiger charge is 2.44. The van der Waals surface area contributed by atoms with E-state index in [1.165, 1.54) is 5.56 Å². The fourth-order valence-corrected chi connectivity index (χ4v) is 7.28. The molecule has 0 aromatic heterocycles. The summed E-state index contributed by atoms with van der Waals surface area (Å²) in [6.07, 6.45) is 0.924. The zero-order chi connectivity index (χ0) is 21.5. The summed E-state index contributed by atoms with van der Waals surface area (Å²) in [6, 6.07) is 14.2. The topological polar surface area (TPSA) is 66.6 Å². The number of likely N-dealkylation sites (tertiary alicyclic amines) is 1. The first-order chi connectivity index (χ1) is 14.3. The number of aryl methyl sites for hydroxylation is 3. The first-order valence-corrected chi connectivity index (χ1v) is 12.3. The highest BCUT2D eigenvalue weighted by atomic mass is 32.2. The first-order valence-electron chi connectivity index (χ1n) is 10.9. The number of hydrogen-bond acceptors (Lipinski definition) is 4. The van der Waals surface area contributed by atoms with Gasteiger partial charge in [0.1, 0.15) is 0 Å². The predicted octanol–water partition coefficient (Wildman–Crippen LogP) is 3.25. The van der Waals surface area contributed by atoms with Crippen molar-refractivity contribution in [1.29, 1.82) is 0 Å². The third kappa shape index (κ3) is 4.19. The summed E-state index contributed by atoms with van der Waals surface area (Å²) < 4.78 is 28.5. The van der Waals surface area contributed by atoms with Crippen LogP contribution in [0.2, 0.25) is 0 Å². The summed E-state index contributed by atoms with van der Waals surface area (Å²) in [5.41, 5.74) is 10.3. The smallest absolute Gasteiger partial charge is 0.243 e. The molecule has 2 heterocycles. The van der Waals surface area contributed by atoms with Crippen LogP contribution in [0.4, 0.5) is 0 Å². The van der Waals surface area contributed by atoms with Crippen molar-refractivity contribution in [2.45, 2.75) is 38.1 Å². The molecule has 2 fully saturated rings. The van der Waals surface area contributed by atoms with Gasteiger partial charge >= 0.3 is 0 Å². The van der Waals surface area contributed by atoms with Crippen LogP contribution >= 0.6 is 0 Å². The van der Waals surface area contributed by atoms with Crippen molar-refractivity contribution < 1.29 is 8.42 Å². The maximum absolute atomic E-state index is 13.4. The molecule has 162 valence electrons. The van der Waals surface area contributed by atoms with E-state index >= 15 is 0 Å². The quantitative estimate of drug-likeness (QED) is 0.768. The van der Waals surface area contributed by atoms with Crippen molar-refractivity contribution >= 4 is 10.0 Å². The SMILES string of the molecule is Cc1cc(C)c(S(=O)(=O)N2CC3CN(CC[C@H](N)c4ccccc4)CC3C2)c(C)c1. The molecule has 4 rings (SSSR count).